The number of piperidine rings is 1. The Kier molecular flexibility index (Phi) is 4.65. The topological polar surface area (TPSA) is 127 Å². The zero-order chi connectivity index (χ0) is 17.2. The minimum atomic E-state index is -3.74. The molecule has 2 aromatic rings. The Hall–Kier alpha value is -2.23. The number of nitrogens with one attached hydrogen (secondary N) is 2. The number of amides is 1. The van der Waals surface area contributed by atoms with Crippen LogP contribution in [0, 0.1) is 0 Å². The fraction of sp³-hybridized carbons (Fsp3) is 0.333. The first kappa shape index (κ1) is 16.6. The van der Waals surface area contributed by atoms with Crippen molar-refractivity contribution >= 4 is 15.9 Å². The van der Waals surface area contributed by atoms with Gasteiger partial charge in [0.2, 0.25) is 10.0 Å². The normalized spacial score (nSPS) is 16.0. The molecular formula is C15H18N4O4S. The van der Waals surface area contributed by atoms with Gasteiger partial charge in [-0.15, -0.1) is 0 Å². The molecule has 4 N–H and O–H groups in total. The van der Waals surface area contributed by atoms with Crippen LogP contribution in [0.3, 0.4) is 0 Å². The number of carbonyl (C=O) groups is 1. The van der Waals surface area contributed by atoms with Crippen LogP contribution in [0.1, 0.15) is 23.5 Å². The van der Waals surface area contributed by atoms with Crippen molar-refractivity contribution in [2.75, 3.05) is 13.1 Å². The Morgan fingerprint density at radius 1 is 1.25 bits per heavy atom. The van der Waals surface area contributed by atoms with E-state index >= 15 is 0 Å². The van der Waals surface area contributed by atoms with Crippen LogP contribution in [0.4, 0.5) is 0 Å². The molecule has 1 fully saturated rings. The highest BCUT2D eigenvalue weighted by Gasteiger charge is 2.20. The van der Waals surface area contributed by atoms with Gasteiger partial charge in [-0.3, -0.25) is 4.79 Å². The van der Waals surface area contributed by atoms with Crippen LogP contribution in [-0.2, 0) is 10.0 Å². The molecule has 1 amide bonds. The Morgan fingerprint density at radius 3 is 2.54 bits per heavy atom. The van der Waals surface area contributed by atoms with E-state index in [-0.39, 0.29) is 22.7 Å². The summed E-state index contributed by atoms with van der Waals surface area (Å²) in [5.41, 5.74) is 0.607. The van der Waals surface area contributed by atoms with Gasteiger partial charge in [-0.2, -0.15) is 0 Å². The van der Waals surface area contributed by atoms with Crippen LogP contribution < -0.4 is 15.8 Å². The molecule has 2 heterocycles. The number of hydrogen-bond acceptors (Lipinski definition) is 6. The van der Waals surface area contributed by atoms with Gasteiger partial charge in [-0.25, -0.2) is 18.5 Å². The molecule has 0 bridgehead atoms. The number of primary sulfonamides is 1. The van der Waals surface area contributed by atoms with E-state index in [0.29, 0.717) is 11.3 Å². The van der Waals surface area contributed by atoms with Crippen molar-refractivity contribution in [2.24, 2.45) is 5.14 Å². The first-order valence-corrected chi connectivity index (χ1v) is 9.09. The number of oxazole rings is 1. The van der Waals surface area contributed by atoms with Crippen molar-refractivity contribution in [1.82, 2.24) is 15.6 Å². The molecular weight excluding hydrogens is 332 g/mol. The molecule has 24 heavy (non-hydrogen) atoms. The molecule has 0 spiro atoms. The van der Waals surface area contributed by atoms with Crippen molar-refractivity contribution in [3.05, 3.63) is 36.4 Å². The van der Waals surface area contributed by atoms with E-state index in [4.69, 9.17) is 9.56 Å². The lowest BCUT2D eigenvalue weighted by Crippen LogP contribution is -2.42. The Morgan fingerprint density at radius 2 is 1.92 bits per heavy atom. The number of nitrogens with two attached hydrogens (primary N) is 1. The van der Waals surface area contributed by atoms with Gasteiger partial charge < -0.3 is 15.1 Å². The Labute approximate surface area is 139 Å². The van der Waals surface area contributed by atoms with Crippen molar-refractivity contribution < 1.29 is 17.6 Å². The first-order valence-electron chi connectivity index (χ1n) is 7.54. The van der Waals surface area contributed by atoms with Gasteiger partial charge >= 0.3 is 5.91 Å². The summed E-state index contributed by atoms with van der Waals surface area (Å²) in [6.07, 6.45) is 3.17. The molecule has 9 heteroatoms. The smallest absolute Gasteiger partial charge is 0.307 e. The lowest BCUT2D eigenvalue weighted by Gasteiger charge is -2.22. The second-order valence-electron chi connectivity index (χ2n) is 5.60. The lowest BCUT2D eigenvalue weighted by molar-refractivity contribution is 0.0895. The van der Waals surface area contributed by atoms with Crippen LogP contribution in [0.15, 0.2) is 39.8 Å². The fourth-order valence-corrected chi connectivity index (χ4v) is 3.05. The van der Waals surface area contributed by atoms with Gasteiger partial charge in [0, 0.05) is 11.6 Å². The number of nitrogens with zero attached hydrogens (tertiary/aromatic N) is 1. The van der Waals surface area contributed by atoms with Gasteiger partial charge in [0.15, 0.2) is 5.76 Å². The van der Waals surface area contributed by atoms with Crippen LogP contribution in [-0.4, -0.2) is 38.4 Å². The highest BCUT2D eigenvalue weighted by atomic mass is 32.2. The van der Waals surface area contributed by atoms with E-state index < -0.39 is 10.0 Å². The van der Waals surface area contributed by atoms with E-state index in [1.54, 1.807) is 12.1 Å². The molecule has 1 aliphatic rings. The molecule has 0 radical (unpaired) electrons. The second kappa shape index (κ2) is 6.71. The minimum absolute atomic E-state index is 0.00893. The van der Waals surface area contributed by atoms with Crippen LogP contribution in [0.5, 0.6) is 0 Å². The zero-order valence-corrected chi connectivity index (χ0v) is 13.7. The molecule has 0 atom stereocenters. The summed E-state index contributed by atoms with van der Waals surface area (Å²) in [5.74, 6) is 0.0137. The van der Waals surface area contributed by atoms with Gasteiger partial charge in [-0.05, 0) is 50.2 Å². The predicted molar refractivity (Wildman–Crippen MR) is 86.7 cm³/mol. The van der Waals surface area contributed by atoms with E-state index in [2.05, 4.69) is 15.6 Å². The monoisotopic (exact) mass is 350 g/mol. The number of carbonyl (C=O) groups excluding carboxylic acids is 1. The van der Waals surface area contributed by atoms with E-state index in [1.165, 1.54) is 18.3 Å². The average molecular weight is 350 g/mol. The maximum atomic E-state index is 12.2. The third-order valence-electron chi connectivity index (χ3n) is 3.84. The average Bonchev–Trinajstić information content (AvgIpc) is 3.05. The summed E-state index contributed by atoms with van der Waals surface area (Å²) in [6, 6.07) is 5.97. The molecule has 0 unspecified atom stereocenters. The second-order valence-corrected chi connectivity index (χ2v) is 7.16. The lowest BCUT2D eigenvalue weighted by atomic mass is 10.1. The molecule has 1 aliphatic heterocycles. The van der Waals surface area contributed by atoms with E-state index in [1.807, 2.05) is 0 Å². The van der Waals surface area contributed by atoms with Crippen LogP contribution in [0.25, 0.3) is 11.3 Å². The Bertz CT molecular complexity index is 823. The van der Waals surface area contributed by atoms with Crippen molar-refractivity contribution in [3.63, 3.8) is 0 Å². The summed E-state index contributed by atoms with van der Waals surface area (Å²) in [6.45, 7) is 1.75. The molecule has 3 rings (SSSR count). The molecule has 1 saturated heterocycles. The van der Waals surface area contributed by atoms with Gasteiger partial charge in [0.05, 0.1) is 11.1 Å². The third-order valence-corrected chi connectivity index (χ3v) is 4.77. The first-order chi connectivity index (χ1) is 11.4. The summed E-state index contributed by atoms with van der Waals surface area (Å²) in [4.78, 5) is 16.2. The van der Waals surface area contributed by atoms with E-state index in [0.717, 1.165) is 25.9 Å². The summed E-state index contributed by atoms with van der Waals surface area (Å²) < 4.78 is 28.0. The third kappa shape index (κ3) is 3.81. The quantitative estimate of drug-likeness (QED) is 0.735. The fourth-order valence-electron chi connectivity index (χ4n) is 2.53. The molecule has 0 saturated carbocycles. The van der Waals surface area contributed by atoms with Crippen molar-refractivity contribution in [2.45, 2.75) is 23.8 Å². The van der Waals surface area contributed by atoms with E-state index in [9.17, 15) is 13.2 Å². The summed E-state index contributed by atoms with van der Waals surface area (Å²) >= 11 is 0. The minimum Gasteiger partial charge on any atom is -0.432 e. The highest BCUT2D eigenvalue weighted by molar-refractivity contribution is 7.89. The van der Waals surface area contributed by atoms with Crippen LogP contribution >= 0.6 is 0 Å². The van der Waals surface area contributed by atoms with Gasteiger partial charge in [-0.1, -0.05) is 0 Å². The predicted octanol–water partition coefficient (Wildman–Crippen LogP) is 0.471. The number of sulfonamides is 1. The number of rotatable bonds is 4. The highest BCUT2D eigenvalue weighted by Crippen LogP contribution is 2.22. The maximum absolute atomic E-state index is 12.2. The molecule has 128 valence electrons. The molecule has 8 nitrogen and oxygen atoms in total. The zero-order valence-electron chi connectivity index (χ0n) is 12.9. The summed E-state index contributed by atoms with van der Waals surface area (Å²) in [7, 11) is -3.74. The van der Waals surface area contributed by atoms with Crippen LogP contribution in [0.2, 0.25) is 0 Å². The number of aromatic nitrogens is 1. The maximum Gasteiger partial charge on any atom is 0.307 e. The standard InChI is InChI=1S/C15H18N4O4S/c16-24(21,22)12-3-1-10(2-4-12)13-9-18-15(23-13)14(20)19-11-5-7-17-8-6-11/h1-4,9,11,17H,5-8H2,(H,19,20)(H2,16,21,22). The van der Waals surface area contributed by atoms with Crippen molar-refractivity contribution in [1.29, 1.82) is 0 Å². The molecule has 1 aromatic carbocycles. The summed E-state index contributed by atoms with van der Waals surface area (Å²) in [5, 5.41) is 11.2. The molecule has 0 aliphatic carbocycles. The largest absolute Gasteiger partial charge is 0.432 e. The van der Waals surface area contributed by atoms with Gasteiger partial charge in [0.1, 0.15) is 0 Å². The van der Waals surface area contributed by atoms with Crippen molar-refractivity contribution in [3.8, 4) is 11.3 Å². The molecule has 1 aromatic heterocycles. The van der Waals surface area contributed by atoms with Gasteiger partial charge in [0.25, 0.3) is 5.89 Å². The number of hydrogen-bond donors (Lipinski definition) is 3. The SMILES string of the molecule is NS(=O)(=O)c1ccc(-c2cnc(C(=O)NC3CCNCC3)o2)cc1. The number of benzene rings is 1. The Balaban J connectivity index is 1.71.